The van der Waals surface area contributed by atoms with Crippen LogP contribution in [0.25, 0.3) is 70.4 Å². The first-order valence-electron chi connectivity index (χ1n) is 15.4. The van der Waals surface area contributed by atoms with Crippen LogP contribution >= 0.6 is 0 Å². The highest BCUT2D eigenvalue weighted by Gasteiger charge is 2.33. The smallest absolute Gasteiger partial charge is 0.238 e. The first kappa shape index (κ1) is 38.6. The molecule has 0 amide bonds. The van der Waals surface area contributed by atoms with Crippen LogP contribution in [0, 0.1) is 76.4 Å². The van der Waals surface area contributed by atoms with E-state index < -0.39 is 34.9 Å². The Labute approximate surface area is 313 Å². The number of hydrogen-bond acceptors (Lipinski definition) is 5. The fourth-order valence-electron chi connectivity index (χ4n) is 5.82. The molecule has 8 nitrogen and oxygen atoms in total. The number of benzene rings is 5. The lowest BCUT2D eigenvalue weighted by atomic mass is 9.89. The number of nitrogens with zero attached hydrogens (tertiary/aromatic N) is 8. The van der Waals surface area contributed by atoms with E-state index >= 15 is 0 Å². The molecule has 0 unspecified atom stereocenters. The molecule has 0 saturated heterocycles. The van der Waals surface area contributed by atoms with Gasteiger partial charge in [0.05, 0.1) is 72.3 Å². The van der Waals surface area contributed by atoms with Crippen molar-refractivity contribution in [2.75, 3.05) is 0 Å². The fraction of sp³-hybridized carbons (Fsp3) is 0.0476. The van der Waals surface area contributed by atoms with Gasteiger partial charge in [-0.2, -0.15) is 42.1 Å². The molecule has 0 aromatic heterocycles. The molecule has 0 N–H and O–H groups in total. The zero-order chi connectivity index (χ0) is 40.9. The van der Waals surface area contributed by atoms with Gasteiger partial charge in [-0.25, -0.2) is 25.1 Å². The van der Waals surface area contributed by atoms with Crippen LogP contribution in [0.15, 0.2) is 84.9 Å². The molecule has 0 aliphatic carbocycles. The van der Waals surface area contributed by atoms with E-state index in [1.54, 1.807) is 12.1 Å². The molecule has 264 valence electrons. The third kappa shape index (κ3) is 7.74. The minimum atomic E-state index is -5.00. The normalized spacial score (nSPS) is 11.8. The average Bonchev–Trinajstić information content (AvgIpc) is 3.20. The second-order valence-corrected chi connectivity index (χ2v) is 11.7. The predicted octanol–water partition coefficient (Wildman–Crippen LogP) is 9.66. The van der Waals surface area contributed by atoms with Gasteiger partial charge < -0.3 is 0 Å². The Bertz CT molecular complexity index is 2690. The first-order chi connectivity index (χ1) is 26.6. The number of nitriles is 5. The molecule has 0 bridgehead atoms. The zero-order valence-corrected chi connectivity index (χ0v) is 27.9. The van der Waals surface area contributed by atoms with E-state index in [0.29, 0.717) is 12.1 Å². The molecular weight excluding hydrogens is 731 g/mol. The van der Waals surface area contributed by atoms with Crippen LogP contribution in [0.2, 0.25) is 0 Å². The van der Waals surface area contributed by atoms with E-state index in [1.165, 1.54) is 48.5 Å². The van der Waals surface area contributed by atoms with Gasteiger partial charge in [0, 0.05) is 5.56 Å². The van der Waals surface area contributed by atoms with Crippen molar-refractivity contribution in [1.82, 2.24) is 0 Å². The van der Waals surface area contributed by atoms with Crippen LogP contribution < -0.4 is 10.4 Å². The monoisotopic (exact) mass is 744 g/mol. The molecule has 5 aromatic carbocycles. The van der Waals surface area contributed by atoms with Crippen LogP contribution in [0.4, 0.5) is 32.0 Å². The number of hydrogen-bond donors (Lipinski definition) is 0. The van der Waals surface area contributed by atoms with Crippen LogP contribution in [0.5, 0.6) is 0 Å². The lowest BCUT2D eigenvalue weighted by Gasteiger charge is -2.17. The molecular formula is C42H14F6N8. The van der Waals surface area contributed by atoms with E-state index in [0.717, 1.165) is 24.3 Å². The number of alkyl halides is 6. The van der Waals surface area contributed by atoms with Gasteiger partial charge in [-0.1, -0.05) is 12.1 Å². The van der Waals surface area contributed by atoms with E-state index in [2.05, 4.69) is 14.5 Å². The topological polar surface area (TPSA) is 132 Å². The Morgan fingerprint density at radius 2 is 0.804 bits per heavy atom. The Morgan fingerprint density at radius 1 is 0.446 bits per heavy atom. The number of halogens is 6. The molecule has 14 heteroatoms. The molecule has 0 spiro atoms. The van der Waals surface area contributed by atoms with E-state index in [9.17, 15) is 52.7 Å². The highest BCUT2D eigenvalue weighted by atomic mass is 19.4. The largest absolute Gasteiger partial charge is 0.416 e. The van der Waals surface area contributed by atoms with Crippen LogP contribution in [0.3, 0.4) is 0 Å². The van der Waals surface area contributed by atoms with Crippen molar-refractivity contribution in [3.8, 4) is 74.9 Å². The quantitative estimate of drug-likeness (QED) is 0.134. The summed E-state index contributed by atoms with van der Waals surface area (Å²) in [6, 6.07) is 23.5. The Kier molecular flexibility index (Phi) is 10.4. The highest BCUT2D eigenvalue weighted by molar-refractivity contribution is 5.86. The lowest BCUT2D eigenvalue weighted by Crippen LogP contribution is -2.19. The maximum Gasteiger partial charge on any atom is 0.416 e. The SMILES string of the molecule is [C-]#[N+]/C(C#N)=c1/cc(-c2cc(-c3cc(C#N)cc(C#N)c3)cc(C(F)(F)F)c2)/c(=C(\C#N)[N+]#[C-])cc1-c1cc(-c2cc(C#N)cc([N+]#[C-])c2)cc(C(F)(F)F)c1. The summed E-state index contributed by atoms with van der Waals surface area (Å²) in [5.41, 5.74) is -5.51. The first-order valence-corrected chi connectivity index (χ1v) is 15.4. The van der Waals surface area contributed by atoms with Crippen molar-refractivity contribution in [3.63, 3.8) is 0 Å². The predicted molar refractivity (Wildman–Crippen MR) is 189 cm³/mol. The number of rotatable bonds is 4. The standard InChI is InChI=1S/C42H14F6N8/c1-54-34-8-25(20-51)7-27(15-34)29-10-31(14-33(12-29)42(46,47)48)36-17-37(39(21-52)55-2)35(16-38(36)40(22-53)56-3)30-9-28(11-32(13-30)41(43,44)45)26-5-23(18-49)4-24(6-26)19-50/h4-17H/b39-37+,40-38-. The second-order valence-electron chi connectivity index (χ2n) is 11.7. The summed E-state index contributed by atoms with van der Waals surface area (Å²) >= 11 is 0. The highest BCUT2D eigenvalue weighted by Crippen LogP contribution is 2.39. The minimum absolute atomic E-state index is 0.0183. The zero-order valence-electron chi connectivity index (χ0n) is 27.9. The van der Waals surface area contributed by atoms with Crippen molar-refractivity contribution >= 4 is 17.1 Å². The summed E-state index contributed by atoms with van der Waals surface area (Å²) in [5.74, 6) is 0. The molecule has 0 fully saturated rings. The third-order valence-corrected chi connectivity index (χ3v) is 8.28. The molecule has 5 rings (SSSR count). The van der Waals surface area contributed by atoms with Gasteiger partial charge in [-0.05, 0) is 128 Å². The van der Waals surface area contributed by atoms with Crippen LogP contribution in [-0.2, 0) is 12.4 Å². The summed E-state index contributed by atoms with van der Waals surface area (Å²) in [4.78, 5) is 9.69. The van der Waals surface area contributed by atoms with Crippen molar-refractivity contribution in [1.29, 1.82) is 26.3 Å². The van der Waals surface area contributed by atoms with Crippen molar-refractivity contribution in [2.45, 2.75) is 12.4 Å². The molecule has 0 heterocycles. The third-order valence-electron chi connectivity index (χ3n) is 8.28. The average molecular weight is 745 g/mol. The molecule has 5 aromatic rings. The molecule has 0 aliphatic heterocycles. The maximum atomic E-state index is 14.4. The fourth-order valence-corrected chi connectivity index (χ4v) is 5.82. The Balaban J connectivity index is 1.99. The maximum absolute atomic E-state index is 14.4. The van der Waals surface area contributed by atoms with Gasteiger partial charge in [-0.15, -0.1) is 0 Å². The van der Waals surface area contributed by atoms with E-state index in [4.69, 9.17) is 19.7 Å². The van der Waals surface area contributed by atoms with Gasteiger partial charge in [0.2, 0.25) is 0 Å². The molecule has 0 saturated carbocycles. The van der Waals surface area contributed by atoms with E-state index in [1.807, 2.05) is 18.2 Å². The van der Waals surface area contributed by atoms with Gasteiger partial charge in [0.1, 0.15) is 0 Å². The van der Waals surface area contributed by atoms with Gasteiger partial charge in [0.25, 0.3) is 11.4 Å². The van der Waals surface area contributed by atoms with Gasteiger partial charge in [-0.3, -0.25) is 0 Å². The van der Waals surface area contributed by atoms with Crippen LogP contribution in [-0.4, -0.2) is 0 Å². The van der Waals surface area contributed by atoms with Gasteiger partial charge in [0.15, 0.2) is 5.69 Å². The van der Waals surface area contributed by atoms with Crippen LogP contribution in [0.1, 0.15) is 27.8 Å². The minimum Gasteiger partial charge on any atom is -0.238 e. The van der Waals surface area contributed by atoms with Gasteiger partial charge >= 0.3 is 12.4 Å². The molecule has 0 radical (unpaired) electrons. The molecule has 0 aliphatic rings. The lowest BCUT2D eigenvalue weighted by molar-refractivity contribution is -0.138. The molecule has 0 atom stereocenters. The Hall–Kier alpha value is -8.66. The summed E-state index contributed by atoms with van der Waals surface area (Å²) < 4.78 is 86.7. The van der Waals surface area contributed by atoms with Crippen molar-refractivity contribution in [2.24, 2.45) is 0 Å². The summed E-state index contributed by atoms with van der Waals surface area (Å²) in [5, 5.41) is 47.8. The summed E-state index contributed by atoms with van der Waals surface area (Å²) in [6.45, 7) is 22.8. The molecule has 56 heavy (non-hydrogen) atoms. The van der Waals surface area contributed by atoms with Crippen molar-refractivity contribution < 1.29 is 26.3 Å². The Morgan fingerprint density at radius 3 is 1.14 bits per heavy atom. The second kappa shape index (κ2) is 15.1. The summed E-state index contributed by atoms with van der Waals surface area (Å²) in [7, 11) is 0. The summed E-state index contributed by atoms with van der Waals surface area (Å²) in [6.07, 6.45) is -9.99. The van der Waals surface area contributed by atoms with E-state index in [-0.39, 0.29) is 77.3 Å². The van der Waals surface area contributed by atoms with Crippen molar-refractivity contribution in [3.05, 3.63) is 157 Å².